The number of hydrogen-bond donors (Lipinski definition) is 3. The lowest BCUT2D eigenvalue weighted by molar-refractivity contribution is -0.153. The lowest BCUT2D eigenvalue weighted by Gasteiger charge is -2.49. The Labute approximate surface area is 259 Å². The van der Waals surface area contributed by atoms with E-state index >= 15 is 0 Å². The zero-order valence-electron chi connectivity index (χ0n) is 23.9. The summed E-state index contributed by atoms with van der Waals surface area (Å²) in [6.45, 7) is 4.01. The smallest absolute Gasteiger partial charge is 0.352 e. The van der Waals surface area contributed by atoms with Crippen LogP contribution in [0, 0.1) is 6.92 Å². The van der Waals surface area contributed by atoms with Gasteiger partial charge in [0.2, 0.25) is 11.1 Å². The maximum absolute atomic E-state index is 13.6. The Morgan fingerprint density at radius 1 is 1.14 bits per heavy atom. The molecule has 4 heterocycles. The number of nitrogens with one attached hydrogen (secondary N) is 2. The number of carboxylic acid groups (broad SMARTS) is 1. The number of aromatic nitrogens is 4. The Morgan fingerprint density at radius 2 is 1.86 bits per heavy atom. The monoisotopic (exact) mass is 643 g/mol. The highest BCUT2D eigenvalue weighted by Gasteiger charge is 2.54. The molecular formula is C26H29N9O7S2. The van der Waals surface area contributed by atoms with E-state index in [1.165, 1.54) is 33.1 Å². The number of aryl methyl sites for hydroxylation is 2. The second kappa shape index (κ2) is 12.7. The molecule has 0 spiro atoms. The van der Waals surface area contributed by atoms with Gasteiger partial charge in [0.1, 0.15) is 23.2 Å². The number of aliphatic carboxylic acids is 1. The number of thioether (sulfide) groups is 2. The van der Waals surface area contributed by atoms with Gasteiger partial charge in [0.05, 0.1) is 0 Å². The second-order valence-electron chi connectivity index (χ2n) is 10.2. The van der Waals surface area contributed by atoms with E-state index in [-0.39, 0.29) is 24.5 Å². The number of hydrogen-bond acceptors (Lipinski definition) is 11. The van der Waals surface area contributed by atoms with Crippen LogP contribution in [0.2, 0.25) is 0 Å². The number of β-lactam (4-membered cyclic amide) rings is 1. The molecule has 2 saturated heterocycles. The molecule has 16 nitrogen and oxygen atoms in total. The molecule has 0 aliphatic carbocycles. The number of benzene rings is 1. The Balaban J connectivity index is 1.31. The number of amides is 6. The molecule has 6 amide bonds. The quantitative estimate of drug-likeness (QED) is 0.180. The Hall–Kier alpha value is -4.45. The van der Waals surface area contributed by atoms with Crippen molar-refractivity contribution >= 4 is 59.2 Å². The molecular weight excluding hydrogens is 614 g/mol. The number of rotatable bonds is 9. The molecule has 0 bridgehead atoms. The SMILES string of the molecule is CCN1CCN(C(=O)N[C@@H](C(=O)N[C@@H]2C(=O)N3C(C(=O)O)=C(CSc4nnnn4C)CS[C@H]23)c2ccc(C)cc2)C(=O)C1=O. The number of fused-ring (bicyclic) bond motifs is 1. The van der Waals surface area contributed by atoms with Crippen LogP contribution in [0.1, 0.15) is 24.1 Å². The van der Waals surface area contributed by atoms with E-state index < -0.39 is 53.1 Å². The summed E-state index contributed by atoms with van der Waals surface area (Å²) in [7, 11) is 1.66. The van der Waals surface area contributed by atoms with Crippen LogP contribution in [0.3, 0.4) is 0 Å². The molecule has 1 aromatic carbocycles. The van der Waals surface area contributed by atoms with Crippen LogP contribution in [0.25, 0.3) is 0 Å². The van der Waals surface area contributed by atoms with Crippen LogP contribution in [0.4, 0.5) is 4.79 Å². The first-order valence-electron chi connectivity index (χ1n) is 13.5. The van der Waals surface area contributed by atoms with Gasteiger partial charge in [0.25, 0.3) is 5.91 Å². The number of piperazine rings is 1. The minimum atomic E-state index is -1.31. The van der Waals surface area contributed by atoms with Crippen LogP contribution in [0.5, 0.6) is 0 Å². The Kier molecular flexibility index (Phi) is 8.91. The molecule has 3 atom stereocenters. The first-order chi connectivity index (χ1) is 21.0. The van der Waals surface area contributed by atoms with Gasteiger partial charge in [-0.1, -0.05) is 41.6 Å². The molecule has 3 aliphatic rings. The third-order valence-corrected chi connectivity index (χ3v) is 9.82. The number of carboxylic acids is 1. The van der Waals surface area contributed by atoms with Crippen molar-refractivity contribution in [1.29, 1.82) is 0 Å². The van der Waals surface area contributed by atoms with Crippen molar-refractivity contribution in [1.82, 2.24) is 45.5 Å². The van der Waals surface area contributed by atoms with Crippen molar-refractivity contribution in [3.05, 3.63) is 46.7 Å². The molecule has 232 valence electrons. The molecule has 44 heavy (non-hydrogen) atoms. The second-order valence-corrected chi connectivity index (χ2v) is 12.2. The van der Waals surface area contributed by atoms with E-state index in [0.29, 0.717) is 28.6 Å². The number of carbonyl (C=O) groups is 6. The van der Waals surface area contributed by atoms with Gasteiger partial charge in [-0.05, 0) is 35.4 Å². The van der Waals surface area contributed by atoms with E-state index in [1.54, 1.807) is 38.2 Å². The fourth-order valence-electron chi connectivity index (χ4n) is 4.96. The normalized spacial score (nSPS) is 20.7. The maximum Gasteiger partial charge on any atom is 0.352 e. The summed E-state index contributed by atoms with van der Waals surface area (Å²) in [6, 6.07) is 3.45. The van der Waals surface area contributed by atoms with Crippen LogP contribution >= 0.6 is 23.5 Å². The minimum Gasteiger partial charge on any atom is -0.477 e. The highest BCUT2D eigenvalue weighted by molar-refractivity contribution is 8.01. The fourth-order valence-corrected chi connectivity index (χ4v) is 7.29. The number of carbonyl (C=O) groups excluding carboxylic acids is 5. The molecule has 0 radical (unpaired) electrons. The lowest BCUT2D eigenvalue weighted by Crippen LogP contribution is -2.71. The number of tetrazole rings is 1. The van der Waals surface area contributed by atoms with Crippen LogP contribution in [0.15, 0.2) is 40.7 Å². The van der Waals surface area contributed by atoms with Crippen molar-refractivity contribution < 1.29 is 33.9 Å². The summed E-state index contributed by atoms with van der Waals surface area (Å²) in [4.78, 5) is 80.5. The van der Waals surface area contributed by atoms with Gasteiger partial charge in [0.15, 0.2) is 0 Å². The predicted molar refractivity (Wildman–Crippen MR) is 156 cm³/mol. The summed E-state index contributed by atoms with van der Waals surface area (Å²) in [5.74, 6) is -3.89. The van der Waals surface area contributed by atoms with Crippen LogP contribution in [-0.2, 0) is 31.0 Å². The Bertz CT molecular complexity index is 1560. The van der Waals surface area contributed by atoms with Gasteiger partial charge in [-0.2, -0.15) is 0 Å². The average molecular weight is 644 g/mol. The van der Waals surface area contributed by atoms with E-state index in [9.17, 15) is 33.9 Å². The van der Waals surface area contributed by atoms with Crippen molar-refractivity contribution in [3.63, 3.8) is 0 Å². The van der Waals surface area contributed by atoms with Gasteiger partial charge < -0.3 is 20.6 Å². The predicted octanol–water partition coefficient (Wildman–Crippen LogP) is -0.509. The van der Waals surface area contributed by atoms with E-state index in [4.69, 9.17) is 0 Å². The van der Waals surface area contributed by atoms with E-state index in [0.717, 1.165) is 15.4 Å². The summed E-state index contributed by atoms with van der Waals surface area (Å²) in [5, 5.41) is 26.2. The third-order valence-electron chi connectivity index (χ3n) is 7.38. The zero-order valence-corrected chi connectivity index (χ0v) is 25.6. The molecule has 3 aliphatic heterocycles. The number of nitrogens with zero attached hydrogens (tertiary/aromatic N) is 7. The van der Waals surface area contributed by atoms with Crippen molar-refractivity contribution in [2.45, 2.75) is 36.5 Å². The van der Waals surface area contributed by atoms with Gasteiger partial charge in [0, 0.05) is 38.2 Å². The minimum absolute atomic E-state index is 0.0423. The third kappa shape index (κ3) is 5.86. The van der Waals surface area contributed by atoms with Crippen LogP contribution in [-0.4, -0.2) is 118 Å². The first-order valence-corrected chi connectivity index (χ1v) is 15.6. The van der Waals surface area contributed by atoms with E-state index in [1.807, 2.05) is 6.92 Å². The highest BCUT2D eigenvalue weighted by Crippen LogP contribution is 2.41. The highest BCUT2D eigenvalue weighted by atomic mass is 32.2. The summed E-state index contributed by atoms with van der Waals surface area (Å²) >= 11 is 2.54. The van der Waals surface area contributed by atoms with Gasteiger partial charge in [-0.3, -0.25) is 29.0 Å². The summed E-state index contributed by atoms with van der Waals surface area (Å²) < 4.78 is 1.45. The van der Waals surface area contributed by atoms with Gasteiger partial charge in [-0.15, -0.1) is 16.9 Å². The topological polar surface area (TPSA) is 200 Å². The lowest BCUT2D eigenvalue weighted by atomic mass is 10.0. The Morgan fingerprint density at radius 3 is 2.50 bits per heavy atom. The zero-order chi connectivity index (χ0) is 31.7. The molecule has 2 fully saturated rings. The standard InChI is InChI=1S/C26H29N9O7S2/c1-4-33-9-10-34(22(39)21(33)38)25(42)28-16(14-7-5-13(2)6-8-14)19(36)27-17-20(37)35-18(24(40)41)15(11-43-23(17)35)12-44-26-29-30-31-32(26)3/h5-8,16-17,23H,4,9-12H2,1-3H3,(H,27,36)(H,28,42)(H,40,41)/t16-,17-,23-/m1/s1. The molecule has 2 aromatic rings. The molecule has 0 unspecified atom stereocenters. The fraction of sp³-hybridized carbons (Fsp3) is 0.423. The molecule has 5 rings (SSSR count). The summed E-state index contributed by atoms with van der Waals surface area (Å²) in [5.41, 5.74) is 1.65. The molecule has 18 heteroatoms. The van der Waals surface area contributed by atoms with Crippen molar-refractivity contribution in [2.24, 2.45) is 7.05 Å². The number of likely N-dealkylation sites (N-methyl/N-ethyl adjacent to an activating group) is 1. The maximum atomic E-state index is 13.6. The van der Waals surface area contributed by atoms with Gasteiger partial charge in [-0.25, -0.2) is 14.3 Å². The van der Waals surface area contributed by atoms with Crippen LogP contribution < -0.4 is 10.6 Å². The molecule has 1 aromatic heterocycles. The molecule has 3 N–H and O–H groups in total. The van der Waals surface area contributed by atoms with Crippen molar-refractivity contribution in [2.75, 3.05) is 31.1 Å². The van der Waals surface area contributed by atoms with Crippen molar-refractivity contribution in [3.8, 4) is 0 Å². The average Bonchev–Trinajstić information content (AvgIpc) is 3.42. The summed E-state index contributed by atoms with van der Waals surface area (Å²) in [6.07, 6.45) is 0. The molecule has 0 saturated carbocycles. The number of urea groups is 1. The van der Waals surface area contributed by atoms with Gasteiger partial charge >= 0.3 is 23.8 Å². The number of imide groups is 1. The largest absolute Gasteiger partial charge is 0.477 e. The first kappa shape index (κ1) is 31.0. The van der Waals surface area contributed by atoms with E-state index in [2.05, 4.69) is 26.2 Å².